The van der Waals surface area contributed by atoms with Crippen LogP contribution < -0.4 is 5.32 Å². The van der Waals surface area contributed by atoms with E-state index in [-0.39, 0.29) is 17.4 Å². The van der Waals surface area contributed by atoms with Crippen molar-refractivity contribution in [1.82, 2.24) is 14.5 Å². The van der Waals surface area contributed by atoms with Crippen molar-refractivity contribution in [3.8, 4) is 11.1 Å². The first kappa shape index (κ1) is 25.2. The molecule has 0 atom stereocenters. The van der Waals surface area contributed by atoms with E-state index in [0.29, 0.717) is 10.8 Å². The van der Waals surface area contributed by atoms with Gasteiger partial charge in [-0.3, -0.25) is 0 Å². The van der Waals surface area contributed by atoms with Crippen molar-refractivity contribution in [2.45, 2.75) is 99.8 Å². The molecule has 3 aromatic rings. The van der Waals surface area contributed by atoms with E-state index in [1.54, 1.807) is 12.1 Å². The summed E-state index contributed by atoms with van der Waals surface area (Å²) in [5.41, 5.74) is 2.87. The van der Waals surface area contributed by atoms with Gasteiger partial charge in [-0.05, 0) is 62.6 Å². The van der Waals surface area contributed by atoms with Crippen LogP contribution in [0, 0.1) is 0 Å². The largest absolute Gasteiger partial charge is 0.393 e. The van der Waals surface area contributed by atoms with Crippen LogP contribution in [0.15, 0.2) is 41.6 Å². The van der Waals surface area contributed by atoms with Gasteiger partial charge >= 0.3 is 0 Å². The molecule has 8 heteroatoms. The third kappa shape index (κ3) is 5.16. The molecule has 2 saturated carbocycles. The molecular formula is C28H38N4O3S. The SMILES string of the molecule is CCCCNc1ncc2c(-c3ccc(S(=O)(=O)C4CCCCC4)cc3)cn(C3CCC(O)CC3)c2n1. The minimum absolute atomic E-state index is 0.220. The molecule has 0 bridgehead atoms. The van der Waals surface area contributed by atoms with E-state index < -0.39 is 9.84 Å². The molecule has 0 amide bonds. The minimum Gasteiger partial charge on any atom is -0.393 e. The molecule has 2 fully saturated rings. The van der Waals surface area contributed by atoms with Crippen LogP contribution in [0.5, 0.6) is 0 Å². The summed E-state index contributed by atoms with van der Waals surface area (Å²) in [6.45, 7) is 2.99. The molecule has 2 aliphatic carbocycles. The molecule has 2 heterocycles. The zero-order chi connectivity index (χ0) is 25.1. The summed E-state index contributed by atoms with van der Waals surface area (Å²) in [7, 11) is -3.30. The second kappa shape index (κ2) is 10.9. The summed E-state index contributed by atoms with van der Waals surface area (Å²) < 4.78 is 28.6. The van der Waals surface area contributed by atoms with E-state index in [9.17, 15) is 13.5 Å². The fourth-order valence-corrected chi connectivity index (χ4v) is 7.58. The van der Waals surface area contributed by atoms with E-state index in [1.165, 1.54) is 0 Å². The number of aromatic nitrogens is 3. The monoisotopic (exact) mass is 510 g/mol. The van der Waals surface area contributed by atoms with Crippen LogP contribution in [-0.2, 0) is 9.84 Å². The fraction of sp³-hybridized carbons (Fsp3) is 0.571. The zero-order valence-corrected chi connectivity index (χ0v) is 22.0. The van der Waals surface area contributed by atoms with Crippen molar-refractivity contribution in [3.05, 3.63) is 36.7 Å². The highest BCUT2D eigenvalue weighted by molar-refractivity contribution is 7.92. The molecule has 0 aliphatic heterocycles. The lowest BCUT2D eigenvalue weighted by Crippen LogP contribution is -2.24. The summed E-state index contributed by atoms with van der Waals surface area (Å²) in [4.78, 5) is 9.89. The first-order chi connectivity index (χ1) is 17.5. The van der Waals surface area contributed by atoms with Gasteiger partial charge < -0.3 is 15.0 Å². The Morgan fingerprint density at radius 3 is 2.44 bits per heavy atom. The second-order valence-electron chi connectivity index (χ2n) is 10.5. The molecule has 0 spiro atoms. The first-order valence-electron chi connectivity index (χ1n) is 13.6. The number of unbranched alkanes of at least 4 members (excludes halogenated alkanes) is 1. The Bertz CT molecular complexity index is 1270. The Labute approximate surface area is 214 Å². The molecule has 2 N–H and O–H groups in total. The quantitative estimate of drug-likeness (QED) is 0.367. The average Bonchev–Trinajstić information content (AvgIpc) is 3.29. The van der Waals surface area contributed by atoms with Crippen molar-refractivity contribution in [3.63, 3.8) is 0 Å². The predicted molar refractivity (Wildman–Crippen MR) is 144 cm³/mol. The van der Waals surface area contributed by atoms with E-state index >= 15 is 0 Å². The molecule has 5 rings (SSSR count). The highest BCUT2D eigenvalue weighted by Gasteiger charge is 2.29. The number of hydrogen-bond donors (Lipinski definition) is 2. The molecule has 2 aromatic heterocycles. The maximum Gasteiger partial charge on any atom is 0.224 e. The lowest BCUT2D eigenvalue weighted by molar-refractivity contribution is 0.111. The van der Waals surface area contributed by atoms with Gasteiger partial charge in [0.2, 0.25) is 5.95 Å². The molecule has 194 valence electrons. The van der Waals surface area contributed by atoms with Crippen molar-refractivity contribution < 1.29 is 13.5 Å². The van der Waals surface area contributed by atoms with E-state index in [0.717, 1.165) is 99.3 Å². The topological polar surface area (TPSA) is 97.1 Å². The van der Waals surface area contributed by atoms with E-state index in [1.807, 2.05) is 18.3 Å². The van der Waals surface area contributed by atoms with Gasteiger partial charge in [0.25, 0.3) is 0 Å². The van der Waals surface area contributed by atoms with Crippen molar-refractivity contribution in [2.75, 3.05) is 11.9 Å². The Morgan fingerprint density at radius 2 is 1.75 bits per heavy atom. The van der Waals surface area contributed by atoms with Gasteiger partial charge in [-0.15, -0.1) is 0 Å². The Hall–Kier alpha value is -2.45. The Kier molecular flexibility index (Phi) is 7.62. The molecule has 7 nitrogen and oxygen atoms in total. The number of benzene rings is 1. The summed E-state index contributed by atoms with van der Waals surface area (Å²) in [6.07, 6.45) is 14.0. The number of nitrogens with one attached hydrogen (secondary N) is 1. The standard InChI is InChI=1S/C28H38N4O3S/c1-2-3-17-29-28-30-18-25-26(19-32(27(25)31-28)21-11-13-22(33)14-12-21)20-9-15-24(16-10-20)36(34,35)23-7-5-4-6-8-23/h9-10,15-16,18-19,21-23,33H,2-8,11-14,17H2,1H3,(H,29,30,31). The fourth-order valence-electron chi connectivity index (χ4n) is 5.73. The maximum absolute atomic E-state index is 13.2. The van der Waals surface area contributed by atoms with Crippen LogP contribution >= 0.6 is 0 Å². The molecule has 0 saturated heterocycles. The molecule has 36 heavy (non-hydrogen) atoms. The molecule has 1 aromatic carbocycles. The van der Waals surface area contributed by atoms with Crippen LogP contribution in [-0.4, -0.2) is 46.0 Å². The number of anilines is 1. The van der Waals surface area contributed by atoms with Gasteiger partial charge in [0.15, 0.2) is 9.84 Å². The maximum atomic E-state index is 13.2. The highest BCUT2D eigenvalue weighted by atomic mass is 32.2. The van der Waals surface area contributed by atoms with E-state index in [4.69, 9.17) is 4.98 Å². The summed E-state index contributed by atoms with van der Waals surface area (Å²) in [5, 5.41) is 14.1. The van der Waals surface area contributed by atoms with E-state index in [2.05, 4.69) is 28.0 Å². The van der Waals surface area contributed by atoms with Gasteiger partial charge in [-0.2, -0.15) is 4.98 Å². The lowest BCUT2D eigenvalue weighted by Gasteiger charge is -2.27. The number of hydrogen-bond acceptors (Lipinski definition) is 6. The van der Waals surface area contributed by atoms with Crippen LogP contribution in [0.25, 0.3) is 22.2 Å². The molecule has 2 aliphatic rings. The predicted octanol–water partition coefficient (Wildman–Crippen LogP) is 5.89. The normalized spacial score (nSPS) is 21.6. The Morgan fingerprint density at radius 1 is 1.03 bits per heavy atom. The number of rotatable bonds is 8. The average molecular weight is 511 g/mol. The van der Waals surface area contributed by atoms with Gasteiger partial charge in [0.1, 0.15) is 5.65 Å². The summed E-state index contributed by atoms with van der Waals surface area (Å²) in [6, 6.07) is 7.65. The van der Waals surface area contributed by atoms with Crippen LogP contribution in [0.4, 0.5) is 5.95 Å². The molecule has 0 unspecified atom stereocenters. The third-order valence-corrected chi connectivity index (χ3v) is 10.2. The van der Waals surface area contributed by atoms with Crippen LogP contribution in [0.3, 0.4) is 0 Å². The van der Waals surface area contributed by atoms with Crippen molar-refractivity contribution in [1.29, 1.82) is 0 Å². The molecule has 0 radical (unpaired) electrons. The lowest BCUT2D eigenvalue weighted by atomic mass is 9.93. The smallest absolute Gasteiger partial charge is 0.224 e. The van der Waals surface area contributed by atoms with Crippen molar-refractivity contribution >= 4 is 26.8 Å². The summed E-state index contributed by atoms with van der Waals surface area (Å²) >= 11 is 0. The first-order valence-corrected chi connectivity index (χ1v) is 15.2. The minimum atomic E-state index is -3.30. The second-order valence-corrected chi connectivity index (χ2v) is 12.7. The molecular weight excluding hydrogens is 472 g/mol. The zero-order valence-electron chi connectivity index (χ0n) is 21.2. The summed E-state index contributed by atoms with van der Waals surface area (Å²) in [5.74, 6) is 0.631. The van der Waals surface area contributed by atoms with Gasteiger partial charge in [0.05, 0.1) is 16.2 Å². The highest BCUT2D eigenvalue weighted by Crippen LogP contribution is 2.37. The van der Waals surface area contributed by atoms with Crippen LogP contribution in [0.1, 0.15) is 83.6 Å². The number of aliphatic hydroxyl groups excluding tert-OH is 1. The van der Waals surface area contributed by atoms with Crippen LogP contribution in [0.2, 0.25) is 0 Å². The van der Waals surface area contributed by atoms with Gasteiger partial charge in [0, 0.05) is 35.9 Å². The van der Waals surface area contributed by atoms with Gasteiger partial charge in [-0.1, -0.05) is 44.7 Å². The Balaban J connectivity index is 1.49. The number of sulfone groups is 1. The number of nitrogens with zero attached hydrogens (tertiary/aromatic N) is 3. The number of fused-ring (bicyclic) bond motifs is 1. The van der Waals surface area contributed by atoms with Gasteiger partial charge in [-0.25, -0.2) is 13.4 Å². The third-order valence-electron chi connectivity index (χ3n) is 7.93. The number of aliphatic hydroxyl groups is 1. The van der Waals surface area contributed by atoms with Crippen molar-refractivity contribution in [2.24, 2.45) is 0 Å².